The molecule has 0 heterocycles. The molecule has 1 aliphatic carbocycles. The standard InChI is InChI=1S/C12H13FO2/c13-10-2-5-11(6-3-10)15-12-4-1-9(7-12)8-14/h2-3,5-6,8-9,12H,1,4,7H2/t9-,12-/m0/s1. The molecule has 0 spiro atoms. The molecule has 0 aliphatic heterocycles. The number of aldehydes is 1. The summed E-state index contributed by atoms with van der Waals surface area (Å²) in [4.78, 5) is 10.5. The SMILES string of the molecule is O=C[C@H]1CC[C@H](Oc2ccc(F)cc2)C1. The maximum atomic E-state index is 12.6. The number of hydrogen-bond acceptors (Lipinski definition) is 2. The quantitative estimate of drug-likeness (QED) is 0.713. The minimum absolute atomic E-state index is 0.102. The van der Waals surface area contributed by atoms with E-state index in [2.05, 4.69) is 0 Å². The average Bonchev–Trinajstić information content (AvgIpc) is 2.69. The maximum absolute atomic E-state index is 12.6. The summed E-state index contributed by atoms with van der Waals surface area (Å²) in [5.74, 6) is 0.544. The number of hydrogen-bond donors (Lipinski definition) is 0. The van der Waals surface area contributed by atoms with Crippen LogP contribution in [0.2, 0.25) is 0 Å². The van der Waals surface area contributed by atoms with E-state index in [4.69, 9.17) is 4.74 Å². The molecule has 2 nitrogen and oxygen atoms in total. The lowest BCUT2D eigenvalue weighted by Gasteiger charge is -2.12. The molecule has 15 heavy (non-hydrogen) atoms. The third kappa shape index (κ3) is 2.55. The normalized spacial score (nSPS) is 25.1. The van der Waals surface area contributed by atoms with Gasteiger partial charge in [-0.25, -0.2) is 4.39 Å². The number of rotatable bonds is 3. The van der Waals surface area contributed by atoms with Gasteiger partial charge in [0.25, 0.3) is 0 Å². The van der Waals surface area contributed by atoms with Crippen LogP contribution in [0.1, 0.15) is 19.3 Å². The van der Waals surface area contributed by atoms with Crippen molar-refractivity contribution in [1.82, 2.24) is 0 Å². The zero-order chi connectivity index (χ0) is 10.7. The lowest BCUT2D eigenvalue weighted by Crippen LogP contribution is -2.12. The fourth-order valence-corrected chi connectivity index (χ4v) is 1.91. The topological polar surface area (TPSA) is 26.3 Å². The smallest absolute Gasteiger partial charge is 0.123 e. The van der Waals surface area contributed by atoms with Gasteiger partial charge in [-0.15, -0.1) is 0 Å². The van der Waals surface area contributed by atoms with Crippen molar-refractivity contribution < 1.29 is 13.9 Å². The van der Waals surface area contributed by atoms with E-state index < -0.39 is 0 Å². The highest BCUT2D eigenvalue weighted by molar-refractivity contribution is 5.54. The maximum Gasteiger partial charge on any atom is 0.123 e. The van der Waals surface area contributed by atoms with Gasteiger partial charge >= 0.3 is 0 Å². The molecule has 3 heteroatoms. The van der Waals surface area contributed by atoms with Crippen molar-refractivity contribution in [3.8, 4) is 5.75 Å². The lowest BCUT2D eigenvalue weighted by atomic mass is 10.1. The van der Waals surface area contributed by atoms with Crippen molar-refractivity contribution in [3.05, 3.63) is 30.1 Å². The first-order chi connectivity index (χ1) is 7.28. The Balaban J connectivity index is 1.92. The highest BCUT2D eigenvalue weighted by atomic mass is 19.1. The van der Waals surface area contributed by atoms with E-state index in [1.54, 1.807) is 12.1 Å². The molecule has 0 unspecified atom stereocenters. The third-order valence-electron chi connectivity index (χ3n) is 2.73. The minimum atomic E-state index is -0.264. The van der Waals surface area contributed by atoms with Crippen LogP contribution < -0.4 is 4.74 Å². The van der Waals surface area contributed by atoms with Gasteiger partial charge in [-0.3, -0.25) is 0 Å². The van der Waals surface area contributed by atoms with Gasteiger partial charge in [0.1, 0.15) is 17.9 Å². The molecule has 0 amide bonds. The summed E-state index contributed by atoms with van der Waals surface area (Å²) >= 11 is 0. The van der Waals surface area contributed by atoms with Crippen molar-refractivity contribution in [3.63, 3.8) is 0 Å². The molecule has 80 valence electrons. The summed E-state index contributed by atoms with van der Waals surface area (Å²) in [5, 5.41) is 0. The Kier molecular flexibility index (Phi) is 2.99. The highest BCUT2D eigenvalue weighted by Crippen LogP contribution is 2.27. The number of halogens is 1. The molecule has 1 aliphatic rings. The van der Waals surface area contributed by atoms with Crippen molar-refractivity contribution >= 4 is 6.29 Å². The zero-order valence-electron chi connectivity index (χ0n) is 8.36. The van der Waals surface area contributed by atoms with Gasteiger partial charge in [-0.1, -0.05) is 0 Å². The Bertz CT molecular complexity index is 334. The van der Waals surface area contributed by atoms with Crippen molar-refractivity contribution in [1.29, 1.82) is 0 Å². The molecule has 0 saturated heterocycles. The van der Waals surface area contributed by atoms with E-state index >= 15 is 0 Å². The number of carbonyl (C=O) groups excluding carboxylic acids is 1. The Morgan fingerprint density at radius 1 is 1.27 bits per heavy atom. The van der Waals surface area contributed by atoms with Crippen LogP contribution in [0.15, 0.2) is 24.3 Å². The van der Waals surface area contributed by atoms with E-state index in [1.807, 2.05) is 0 Å². The van der Waals surface area contributed by atoms with Gasteiger partial charge < -0.3 is 9.53 Å². The summed E-state index contributed by atoms with van der Waals surface area (Å²) in [6.07, 6.45) is 3.68. The molecule has 1 aromatic rings. The van der Waals surface area contributed by atoms with Gasteiger partial charge in [-0.05, 0) is 43.5 Å². The first-order valence-corrected chi connectivity index (χ1v) is 5.15. The Labute approximate surface area is 88.1 Å². The van der Waals surface area contributed by atoms with E-state index in [-0.39, 0.29) is 17.8 Å². The molecule has 0 radical (unpaired) electrons. The second kappa shape index (κ2) is 4.43. The van der Waals surface area contributed by atoms with E-state index in [1.165, 1.54) is 12.1 Å². The molecule has 1 aromatic carbocycles. The van der Waals surface area contributed by atoms with Crippen molar-refractivity contribution in [2.45, 2.75) is 25.4 Å². The Morgan fingerprint density at radius 2 is 2.00 bits per heavy atom. The molecule has 2 rings (SSSR count). The van der Waals surface area contributed by atoms with E-state index in [0.717, 1.165) is 25.5 Å². The molecule has 1 saturated carbocycles. The molecular weight excluding hydrogens is 195 g/mol. The summed E-state index contributed by atoms with van der Waals surface area (Å²) in [7, 11) is 0. The van der Waals surface area contributed by atoms with Gasteiger partial charge in [0.15, 0.2) is 0 Å². The minimum Gasteiger partial charge on any atom is -0.490 e. The first-order valence-electron chi connectivity index (χ1n) is 5.15. The third-order valence-corrected chi connectivity index (χ3v) is 2.73. The average molecular weight is 208 g/mol. The van der Waals surface area contributed by atoms with Crippen molar-refractivity contribution in [2.75, 3.05) is 0 Å². The van der Waals surface area contributed by atoms with E-state index in [0.29, 0.717) is 5.75 Å². The predicted octanol–water partition coefficient (Wildman–Crippen LogP) is 2.57. The van der Waals surface area contributed by atoms with Crippen LogP contribution in [0.3, 0.4) is 0 Å². The van der Waals surface area contributed by atoms with Crippen LogP contribution in [0.4, 0.5) is 4.39 Å². The second-order valence-corrected chi connectivity index (χ2v) is 3.90. The fraction of sp³-hybridized carbons (Fsp3) is 0.417. The molecule has 2 atom stereocenters. The van der Waals surface area contributed by atoms with Crippen LogP contribution in [0, 0.1) is 11.7 Å². The molecule has 0 N–H and O–H groups in total. The zero-order valence-corrected chi connectivity index (χ0v) is 8.36. The number of carbonyl (C=O) groups is 1. The number of ether oxygens (including phenoxy) is 1. The summed E-state index contributed by atoms with van der Waals surface area (Å²) < 4.78 is 18.3. The van der Waals surface area contributed by atoms with Crippen LogP contribution in [-0.2, 0) is 4.79 Å². The second-order valence-electron chi connectivity index (χ2n) is 3.90. The van der Waals surface area contributed by atoms with Crippen LogP contribution >= 0.6 is 0 Å². The number of benzene rings is 1. The molecule has 1 fully saturated rings. The lowest BCUT2D eigenvalue weighted by molar-refractivity contribution is -0.111. The summed E-state index contributed by atoms with van der Waals surface area (Å²) in [5.41, 5.74) is 0. The Hall–Kier alpha value is -1.38. The first kappa shape index (κ1) is 10.1. The molecular formula is C12H13FO2. The largest absolute Gasteiger partial charge is 0.490 e. The molecule has 0 aromatic heterocycles. The van der Waals surface area contributed by atoms with Gasteiger partial charge in [-0.2, -0.15) is 0 Å². The predicted molar refractivity (Wildman–Crippen MR) is 54.2 cm³/mol. The van der Waals surface area contributed by atoms with E-state index in [9.17, 15) is 9.18 Å². The summed E-state index contributed by atoms with van der Waals surface area (Å²) in [6.45, 7) is 0. The monoisotopic (exact) mass is 208 g/mol. The Morgan fingerprint density at radius 3 is 2.60 bits per heavy atom. The summed E-state index contributed by atoms with van der Waals surface area (Å²) in [6, 6.07) is 5.98. The fourth-order valence-electron chi connectivity index (χ4n) is 1.91. The van der Waals surface area contributed by atoms with Crippen LogP contribution in [0.25, 0.3) is 0 Å². The van der Waals surface area contributed by atoms with Gasteiger partial charge in [0.2, 0.25) is 0 Å². The highest BCUT2D eigenvalue weighted by Gasteiger charge is 2.25. The van der Waals surface area contributed by atoms with Gasteiger partial charge in [0.05, 0.1) is 6.10 Å². The van der Waals surface area contributed by atoms with Crippen LogP contribution in [0.5, 0.6) is 5.75 Å². The van der Waals surface area contributed by atoms with Crippen molar-refractivity contribution in [2.24, 2.45) is 5.92 Å². The van der Waals surface area contributed by atoms with Crippen LogP contribution in [-0.4, -0.2) is 12.4 Å². The molecule has 0 bridgehead atoms. The van der Waals surface area contributed by atoms with Gasteiger partial charge in [0, 0.05) is 5.92 Å².